The number of hydrogen-bond donors (Lipinski definition) is 0. The Labute approximate surface area is 155 Å². The first-order valence-corrected chi connectivity index (χ1v) is 8.88. The summed E-state index contributed by atoms with van der Waals surface area (Å²) in [6.45, 7) is 3.18. The fourth-order valence-electron chi connectivity index (χ4n) is 2.18. The molecule has 0 bridgehead atoms. The van der Waals surface area contributed by atoms with Crippen molar-refractivity contribution in [2.24, 2.45) is 0 Å². The number of ether oxygens (including phenoxy) is 1. The summed E-state index contributed by atoms with van der Waals surface area (Å²) >= 11 is 1.22. The molecule has 2 rings (SSSR count). The van der Waals surface area contributed by atoms with Gasteiger partial charge in [0.1, 0.15) is 5.01 Å². The monoisotopic (exact) mass is 370 g/mol. The molecule has 0 saturated heterocycles. The summed E-state index contributed by atoms with van der Waals surface area (Å²) in [5.74, 6) is -2.39. The third kappa shape index (κ3) is 5.33. The Balaban J connectivity index is 1.80. The molecule has 1 heterocycles. The highest BCUT2D eigenvalue weighted by atomic mass is 32.1. The van der Waals surface area contributed by atoms with Crippen LogP contribution in [0.1, 0.15) is 45.4 Å². The van der Waals surface area contributed by atoms with Crippen molar-refractivity contribution in [2.75, 3.05) is 6.61 Å². The Bertz CT molecular complexity index is 849. The lowest BCUT2D eigenvalue weighted by atomic mass is 10.1. The van der Waals surface area contributed by atoms with Crippen LogP contribution in [0.15, 0.2) is 29.6 Å². The van der Waals surface area contributed by atoms with Crippen LogP contribution in [0.2, 0.25) is 0 Å². The van der Waals surface area contributed by atoms with Crippen LogP contribution in [0, 0.1) is 25.2 Å². The molecule has 134 valence electrons. The minimum absolute atomic E-state index is 0.00341. The minimum atomic E-state index is -1.05. The second-order valence-corrected chi connectivity index (χ2v) is 6.70. The van der Waals surface area contributed by atoms with Gasteiger partial charge in [0.25, 0.3) is 0 Å². The van der Waals surface area contributed by atoms with E-state index in [0.717, 1.165) is 11.3 Å². The van der Waals surface area contributed by atoms with Gasteiger partial charge in [-0.05, 0) is 13.8 Å². The fraction of sp³-hybridized carbons (Fsp3) is 0.316. The number of carbonyl (C=O) groups excluding carboxylic acids is 3. The number of aryl methyl sites for hydroxylation is 2. The van der Waals surface area contributed by atoms with Gasteiger partial charge in [0.2, 0.25) is 0 Å². The maximum absolute atomic E-state index is 12.1. The van der Waals surface area contributed by atoms with E-state index < -0.39 is 24.3 Å². The van der Waals surface area contributed by atoms with Crippen LogP contribution in [0.4, 0.5) is 0 Å². The smallest absolute Gasteiger partial charge is 0.306 e. The zero-order valence-corrected chi connectivity index (χ0v) is 15.3. The summed E-state index contributed by atoms with van der Waals surface area (Å²) < 4.78 is 4.91. The molecule has 0 aliphatic rings. The number of aromatic nitrogens is 1. The van der Waals surface area contributed by atoms with Crippen LogP contribution < -0.4 is 0 Å². The van der Waals surface area contributed by atoms with Crippen molar-refractivity contribution < 1.29 is 19.1 Å². The van der Waals surface area contributed by atoms with Gasteiger partial charge in [-0.15, -0.1) is 11.3 Å². The molecule has 0 N–H and O–H groups in total. The lowest BCUT2D eigenvalue weighted by molar-refractivity contribution is -0.148. The molecule has 0 aliphatic carbocycles. The van der Waals surface area contributed by atoms with Gasteiger partial charge in [0, 0.05) is 23.1 Å². The maximum atomic E-state index is 12.1. The Morgan fingerprint density at radius 2 is 1.88 bits per heavy atom. The molecule has 0 fully saturated rings. The Kier molecular flexibility index (Phi) is 6.75. The molecule has 0 unspecified atom stereocenters. The highest BCUT2D eigenvalue weighted by Gasteiger charge is 2.24. The average molecular weight is 370 g/mol. The molecule has 6 nitrogen and oxygen atoms in total. The lowest BCUT2D eigenvalue weighted by Crippen LogP contribution is -2.20. The summed E-state index contributed by atoms with van der Waals surface area (Å²) in [5.41, 5.74) is 2.30. The number of rotatable bonds is 8. The van der Waals surface area contributed by atoms with Crippen molar-refractivity contribution in [2.45, 2.75) is 32.6 Å². The minimum Gasteiger partial charge on any atom is -0.458 e. The number of ketones is 2. The number of esters is 1. The summed E-state index contributed by atoms with van der Waals surface area (Å²) in [6.07, 6.45) is -0.114. The van der Waals surface area contributed by atoms with Gasteiger partial charge >= 0.3 is 5.97 Å². The third-order valence-corrected chi connectivity index (χ3v) is 4.67. The van der Waals surface area contributed by atoms with E-state index in [1.54, 1.807) is 24.4 Å². The number of thiazole rings is 1. The molecule has 1 aromatic heterocycles. The molecule has 0 aliphatic heterocycles. The predicted molar refractivity (Wildman–Crippen MR) is 95.9 cm³/mol. The Morgan fingerprint density at radius 1 is 1.19 bits per heavy atom. The van der Waals surface area contributed by atoms with Crippen molar-refractivity contribution in [3.05, 3.63) is 51.5 Å². The molecule has 2 aromatic rings. The molecular formula is C19H18N2O4S. The average Bonchev–Trinajstić information content (AvgIpc) is 3.05. The van der Waals surface area contributed by atoms with Crippen LogP contribution in [0.5, 0.6) is 0 Å². The number of nitrogens with zero attached hydrogens (tertiary/aromatic N) is 2. The van der Waals surface area contributed by atoms with E-state index >= 15 is 0 Å². The summed E-state index contributed by atoms with van der Waals surface area (Å²) in [4.78, 5) is 40.0. The number of nitriles is 1. The predicted octanol–water partition coefficient (Wildman–Crippen LogP) is 3.14. The van der Waals surface area contributed by atoms with Crippen molar-refractivity contribution in [1.82, 2.24) is 4.98 Å². The Morgan fingerprint density at radius 3 is 2.46 bits per heavy atom. The largest absolute Gasteiger partial charge is 0.458 e. The number of benzene rings is 1. The van der Waals surface area contributed by atoms with E-state index in [0.29, 0.717) is 10.6 Å². The highest BCUT2D eigenvalue weighted by Crippen LogP contribution is 2.20. The van der Waals surface area contributed by atoms with E-state index in [-0.39, 0.29) is 18.6 Å². The highest BCUT2D eigenvalue weighted by molar-refractivity contribution is 7.09. The summed E-state index contributed by atoms with van der Waals surface area (Å²) in [5, 5.41) is 11.3. The molecule has 0 amide bonds. The van der Waals surface area contributed by atoms with Crippen molar-refractivity contribution in [3.8, 4) is 6.07 Å². The lowest BCUT2D eigenvalue weighted by Gasteiger charge is -2.07. The van der Waals surface area contributed by atoms with Gasteiger partial charge in [0.05, 0.1) is 12.5 Å². The van der Waals surface area contributed by atoms with Crippen LogP contribution in [0.3, 0.4) is 0 Å². The van der Waals surface area contributed by atoms with Gasteiger partial charge in [-0.3, -0.25) is 14.4 Å². The first kappa shape index (κ1) is 19.5. The van der Waals surface area contributed by atoms with Gasteiger partial charge in [-0.25, -0.2) is 4.98 Å². The summed E-state index contributed by atoms with van der Waals surface area (Å²) in [6, 6.07) is 8.95. The van der Waals surface area contributed by atoms with Gasteiger partial charge in [-0.1, -0.05) is 29.8 Å². The van der Waals surface area contributed by atoms with Crippen LogP contribution in [-0.2, 0) is 14.3 Å². The SMILES string of the molecule is Cc1ccc(C(=O)CCC(=O)OCC(=O)[C@@H](C#N)c2nc(C)cs2)cc1. The molecular weight excluding hydrogens is 352 g/mol. The van der Waals surface area contributed by atoms with Crippen LogP contribution in [-0.4, -0.2) is 29.1 Å². The quantitative estimate of drug-likeness (QED) is 0.523. The van der Waals surface area contributed by atoms with Crippen molar-refractivity contribution >= 4 is 28.9 Å². The van der Waals surface area contributed by atoms with E-state index in [2.05, 4.69) is 4.98 Å². The first-order chi connectivity index (χ1) is 12.4. The third-order valence-electron chi connectivity index (χ3n) is 3.64. The normalized spacial score (nSPS) is 11.4. The molecule has 0 radical (unpaired) electrons. The molecule has 1 aromatic carbocycles. The standard InChI is InChI=1S/C19H18N2O4S/c1-12-3-5-14(6-4-12)16(22)7-8-18(24)25-10-17(23)15(9-20)19-21-13(2)11-26-19/h3-6,11,15H,7-8,10H2,1-2H3/t15-/m1/s1. The Hall–Kier alpha value is -2.85. The molecule has 0 spiro atoms. The van der Waals surface area contributed by atoms with E-state index in [4.69, 9.17) is 10.00 Å². The van der Waals surface area contributed by atoms with Crippen LogP contribution >= 0.6 is 11.3 Å². The van der Waals surface area contributed by atoms with Crippen molar-refractivity contribution in [1.29, 1.82) is 5.26 Å². The molecule has 1 atom stereocenters. The zero-order valence-electron chi connectivity index (χ0n) is 14.5. The number of hydrogen-bond acceptors (Lipinski definition) is 7. The van der Waals surface area contributed by atoms with Gasteiger partial charge in [-0.2, -0.15) is 5.26 Å². The second-order valence-electron chi connectivity index (χ2n) is 5.81. The van der Waals surface area contributed by atoms with E-state index in [9.17, 15) is 14.4 Å². The van der Waals surface area contributed by atoms with Gasteiger partial charge < -0.3 is 4.74 Å². The number of Topliss-reactive ketones (excluding diaryl/α,β-unsaturated/α-hetero) is 2. The second kappa shape index (κ2) is 9.02. The fourth-order valence-corrected chi connectivity index (χ4v) is 3.04. The summed E-state index contributed by atoms with van der Waals surface area (Å²) in [7, 11) is 0. The van der Waals surface area contributed by atoms with Crippen LogP contribution in [0.25, 0.3) is 0 Å². The van der Waals surface area contributed by atoms with Gasteiger partial charge in [0.15, 0.2) is 24.1 Å². The first-order valence-electron chi connectivity index (χ1n) is 8.00. The van der Waals surface area contributed by atoms with E-state index in [1.165, 1.54) is 11.3 Å². The molecule has 26 heavy (non-hydrogen) atoms. The molecule has 7 heteroatoms. The van der Waals surface area contributed by atoms with Crippen molar-refractivity contribution in [3.63, 3.8) is 0 Å². The number of carbonyl (C=O) groups is 3. The topological polar surface area (TPSA) is 97.1 Å². The molecule has 0 saturated carbocycles. The van der Waals surface area contributed by atoms with E-state index in [1.807, 2.05) is 25.1 Å². The zero-order chi connectivity index (χ0) is 19.1. The maximum Gasteiger partial charge on any atom is 0.306 e.